The summed E-state index contributed by atoms with van der Waals surface area (Å²) in [5.41, 5.74) is 3.12. The van der Waals surface area contributed by atoms with Gasteiger partial charge >= 0.3 is 0 Å². The van der Waals surface area contributed by atoms with Crippen LogP contribution in [-0.4, -0.2) is 25.4 Å². The number of aromatic amines is 1. The number of nitrogens with zero attached hydrogens (tertiary/aromatic N) is 1. The van der Waals surface area contributed by atoms with E-state index in [0.717, 1.165) is 22.2 Å². The minimum Gasteiger partial charge on any atom is -0.361 e. The smallest absolute Gasteiger partial charge is 0.261 e. The second-order valence-electron chi connectivity index (χ2n) is 6.62. The molecule has 1 aliphatic rings. The van der Waals surface area contributed by atoms with Crippen molar-refractivity contribution in [1.29, 1.82) is 0 Å². The molecule has 2 aromatic carbocycles. The van der Waals surface area contributed by atoms with Crippen LogP contribution in [-0.2, 0) is 21.2 Å². The Hall–Kier alpha value is -2.80. The van der Waals surface area contributed by atoms with E-state index in [1.807, 2.05) is 25.3 Å². The molecule has 0 spiro atoms. The minimum atomic E-state index is -3.71. The van der Waals surface area contributed by atoms with Crippen LogP contribution in [0.3, 0.4) is 0 Å². The lowest BCUT2D eigenvalue weighted by atomic mass is 10.1. The van der Waals surface area contributed by atoms with Gasteiger partial charge in [-0.25, -0.2) is 8.42 Å². The van der Waals surface area contributed by atoms with Crippen molar-refractivity contribution in [3.8, 4) is 0 Å². The molecule has 7 heteroatoms. The number of rotatable bonds is 3. The summed E-state index contributed by atoms with van der Waals surface area (Å²) in [7, 11) is -3.71. The maximum Gasteiger partial charge on any atom is 0.261 e. The first-order chi connectivity index (χ1) is 12.3. The van der Waals surface area contributed by atoms with Crippen molar-refractivity contribution in [2.45, 2.75) is 31.2 Å². The molecule has 2 heterocycles. The Labute approximate surface area is 151 Å². The minimum absolute atomic E-state index is 0.0319. The number of carbonyl (C=O) groups is 1. The van der Waals surface area contributed by atoms with Crippen molar-refractivity contribution in [2.24, 2.45) is 0 Å². The average Bonchev–Trinajstić information content (AvgIpc) is 3.15. The molecule has 0 unspecified atom stereocenters. The highest BCUT2D eigenvalue weighted by molar-refractivity contribution is 7.92. The molecule has 3 aromatic rings. The summed E-state index contributed by atoms with van der Waals surface area (Å²) < 4.78 is 28.2. The van der Waals surface area contributed by atoms with Crippen molar-refractivity contribution in [2.75, 3.05) is 9.62 Å². The molecule has 0 radical (unpaired) electrons. The van der Waals surface area contributed by atoms with Crippen LogP contribution in [0.1, 0.15) is 19.4 Å². The fraction of sp³-hybridized carbons (Fsp3) is 0.211. The van der Waals surface area contributed by atoms with Gasteiger partial charge in [0.1, 0.15) is 0 Å². The lowest BCUT2D eigenvalue weighted by Crippen LogP contribution is -2.33. The highest BCUT2D eigenvalue weighted by atomic mass is 32.2. The number of benzene rings is 2. The van der Waals surface area contributed by atoms with Crippen LogP contribution in [0.5, 0.6) is 0 Å². The standard InChI is InChI=1S/C19H19N3O3S/c1-12-9-15-11-17(4-6-19(15)22(12)13(2)23)26(24,25)21-16-3-5-18-14(10-16)7-8-20-18/h3-8,10-12,20-21H,9H2,1-2H3/t12-/m1/s1. The Morgan fingerprint density at radius 1 is 1.19 bits per heavy atom. The van der Waals surface area contributed by atoms with Crippen molar-refractivity contribution < 1.29 is 13.2 Å². The summed E-state index contributed by atoms with van der Waals surface area (Å²) in [4.78, 5) is 16.8. The quantitative estimate of drug-likeness (QED) is 0.743. The molecule has 4 rings (SSSR count). The van der Waals surface area contributed by atoms with E-state index in [1.165, 1.54) is 6.92 Å². The van der Waals surface area contributed by atoms with E-state index in [0.29, 0.717) is 12.1 Å². The van der Waals surface area contributed by atoms with Crippen molar-refractivity contribution >= 4 is 38.2 Å². The number of anilines is 2. The first kappa shape index (κ1) is 16.7. The molecule has 0 bridgehead atoms. The SMILES string of the molecule is CC(=O)N1c2ccc(S(=O)(=O)Nc3ccc4[nH]ccc4c3)cc2C[C@H]1C. The Morgan fingerprint density at radius 2 is 2.00 bits per heavy atom. The second kappa shape index (κ2) is 5.88. The zero-order valence-electron chi connectivity index (χ0n) is 14.5. The molecule has 1 aromatic heterocycles. The van der Waals surface area contributed by atoms with Crippen LogP contribution in [0.2, 0.25) is 0 Å². The molecule has 1 amide bonds. The van der Waals surface area contributed by atoms with Crippen LogP contribution in [0.4, 0.5) is 11.4 Å². The molecule has 2 N–H and O–H groups in total. The van der Waals surface area contributed by atoms with E-state index >= 15 is 0 Å². The van der Waals surface area contributed by atoms with Crippen LogP contribution < -0.4 is 9.62 Å². The number of hydrogen-bond acceptors (Lipinski definition) is 3. The summed E-state index contributed by atoms with van der Waals surface area (Å²) in [6.07, 6.45) is 2.46. The lowest BCUT2D eigenvalue weighted by Gasteiger charge is -2.20. The number of sulfonamides is 1. The van der Waals surface area contributed by atoms with Crippen LogP contribution in [0.25, 0.3) is 10.9 Å². The predicted octanol–water partition coefficient (Wildman–Crippen LogP) is 3.27. The molecule has 0 saturated heterocycles. The average molecular weight is 369 g/mol. The molecule has 134 valence electrons. The van der Waals surface area contributed by atoms with Gasteiger partial charge in [0.2, 0.25) is 5.91 Å². The molecular weight excluding hydrogens is 350 g/mol. The van der Waals surface area contributed by atoms with Gasteiger partial charge in [0.15, 0.2) is 0 Å². The first-order valence-corrected chi connectivity index (χ1v) is 9.86. The highest BCUT2D eigenvalue weighted by Gasteiger charge is 2.30. The maximum atomic E-state index is 12.8. The Morgan fingerprint density at radius 3 is 2.77 bits per heavy atom. The zero-order chi connectivity index (χ0) is 18.5. The summed E-state index contributed by atoms with van der Waals surface area (Å²) in [6.45, 7) is 3.48. The molecular formula is C19H19N3O3S. The van der Waals surface area contributed by atoms with Crippen molar-refractivity contribution in [1.82, 2.24) is 4.98 Å². The van der Waals surface area contributed by atoms with Crippen LogP contribution >= 0.6 is 0 Å². The Kier molecular flexibility index (Phi) is 3.77. The van der Waals surface area contributed by atoms with Gasteiger partial charge < -0.3 is 9.88 Å². The lowest BCUT2D eigenvalue weighted by molar-refractivity contribution is -0.116. The molecule has 0 aliphatic carbocycles. The van der Waals surface area contributed by atoms with Gasteiger partial charge in [-0.3, -0.25) is 9.52 Å². The van der Waals surface area contributed by atoms with E-state index in [-0.39, 0.29) is 16.8 Å². The van der Waals surface area contributed by atoms with E-state index in [4.69, 9.17) is 0 Å². The number of H-pyrrole nitrogens is 1. The van der Waals surface area contributed by atoms with Gasteiger partial charge in [-0.2, -0.15) is 0 Å². The van der Waals surface area contributed by atoms with E-state index in [2.05, 4.69) is 9.71 Å². The number of aromatic nitrogens is 1. The first-order valence-electron chi connectivity index (χ1n) is 8.38. The number of fused-ring (bicyclic) bond motifs is 2. The van der Waals surface area contributed by atoms with Crippen LogP contribution in [0, 0.1) is 0 Å². The normalized spacial score (nSPS) is 16.7. The van der Waals surface area contributed by atoms with Gasteiger partial charge in [-0.1, -0.05) is 0 Å². The molecule has 1 atom stereocenters. The molecule has 1 aliphatic heterocycles. The number of amides is 1. The van der Waals surface area contributed by atoms with Gasteiger partial charge in [0.05, 0.1) is 4.90 Å². The van der Waals surface area contributed by atoms with E-state index < -0.39 is 10.0 Å². The van der Waals surface area contributed by atoms with E-state index in [1.54, 1.807) is 35.2 Å². The van der Waals surface area contributed by atoms with Crippen molar-refractivity contribution in [3.05, 3.63) is 54.2 Å². The third-order valence-electron chi connectivity index (χ3n) is 4.72. The number of carbonyl (C=O) groups excluding carboxylic acids is 1. The zero-order valence-corrected chi connectivity index (χ0v) is 15.3. The van der Waals surface area contributed by atoms with E-state index in [9.17, 15) is 13.2 Å². The fourth-order valence-electron chi connectivity index (χ4n) is 3.59. The van der Waals surface area contributed by atoms with Gasteiger partial charge in [0, 0.05) is 41.4 Å². The summed E-state index contributed by atoms with van der Waals surface area (Å²) in [6, 6.07) is 12.2. The summed E-state index contributed by atoms with van der Waals surface area (Å²) >= 11 is 0. The van der Waals surface area contributed by atoms with Gasteiger partial charge in [-0.05, 0) is 61.4 Å². The fourth-order valence-corrected chi connectivity index (χ4v) is 4.69. The monoisotopic (exact) mass is 369 g/mol. The van der Waals surface area contributed by atoms with Gasteiger partial charge in [0.25, 0.3) is 10.0 Å². The molecule has 6 nitrogen and oxygen atoms in total. The molecule has 0 fully saturated rings. The summed E-state index contributed by atoms with van der Waals surface area (Å²) in [5, 5.41) is 0.935. The van der Waals surface area contributed by atoms with Crippen molar-refractivity contribution in [3.63, 3.8) is 0 Å². The molecule has 0 saturated carbocycles. The van der Waals surface area contributed by atoms with Gasteiger partial charge in [-0.15, -0.1) is 0 Å². The number of hydrogen-bond donors (Lipinski definition) is 2. The molecule has 26 heavy (non-hydrogen) atoms. The van der Waals surface area contributed by atoms with Crippen LogP contribution in [0.15, 0.2) is 53.6 Å². The maximum absolute atomic E-state index is 12.8. The predicted molar refractivity (Wildman–Crippen MR) is 102 cm³/mol. The third kappa shape index (κ3) is 2.74. The second-order valence-corrected chi connectivity index (χ2v) is 8.30. The highest BCUT2D eigenvalue weighted by Crippen LogP contribution is 2.34. The Balaban J connectivity index is 1.66. The number of nitrogens with one attached hydrogen (secondary N) is 2. The summed E-state index contributed by atoms with van der Waals surface area (Å²) in [5.74, 6) is -0.0372. The largest absolute Gasteiger partial charge is 0.361 e. The Bertz CT molecular complexity index is 1120. The third-order valence-corrected chi connectivity index (χ3v) is 6.10. The topological polar surface area (TPSA) is 82.3 Å².